The van der Waals surface area contributed by atoms with Crippen molar-refractivity contribution in [1.29, 1.82) is 0 Å². The first-order chi connectivity index (χ1) is 8.61. The summed E-state index contributed by atoms with van der Waals surface area (Å²) in [6, 6.07) is 2.62. The van der Waals surface area contributed by atoms with Crippen LogP contribution in [0.1, 0.15) is 30.9 Å². The maximum atomic E-state index is 10.5. The predicted octanol–water partition coefficient (Wildman–Crippen LogP) is 2.48. The SMILES string of the molecule is CCN(c1ncc(/C=C/C(=O)O)cc1C)C1CC1. The Labute approximate surface area is 107 Å². The zero-order valence-electron chi connectivity index (χ0n) is 10.8. The predicted molar refractivity (Wildman–Crippen MR) is 71.7 cm³/mol. The number of nitrogens with zero attached hydrogens (tertiary/aromatic N) is 2. The van der Waals surface area contributed by atoms with E-state index in [0.29, 0.717) is 6.04 Å². The van der Waals surface area contributed by atoms with E-state index in [-0.39, 0.29) is 0 Å². The molecule has 0 saturated heterocycles. The first kappa shape index (κ1) is 12.6. The minimum Gasteiger partial charge on any atom is -0.478 e. The molecule has 18 heavy (non-hydrogen) atoms. The number of carboxylic acids is 1. The Hall–Kier alpha value is -1.84. The number of aryl methyl sites for hydroxylation is 1. The summed E-state index contributed by atoms with van der Waals surface area (Å²) in [5.41, 5.74) is 1.92. The average molecular weight is 246 g/mol. The molecule has 0 spiro atoms. The second-order valence-corrected chi connectivity index (χ2v) is 4.60. The standard InChI is InChI=1S/C14H18N2O2/c1-3-16(12-5-6-12)14-10(2)8-11(9-15-14)4-7-13(17)18/h4,7-9,12H,3,5-6H2,1-2H3,(H,17,18)/b7-4+. The van der Waals surface area contributed by atoms with Crippen molar-refractivity contribution in [2.24, 2.45) is 0 Å². The van der Waals surface area contributed by atoms with Gasteiger partial charge in [-0.25, -0.2) is 9.78 Å². The fraction of sp³-hybridized carbons (Fsp3) is 0.429. The third-order valence-electron chi connectivity index (χ3n) is 3.09. The third kappa shape index (κ3) is 2.88. The van der Waals surface area contributed by atoms with E-state index in [9.17, 15) is 4.79 Å². The molecule has 0 atom stereocenters. The molecule has 0 aliphatic heterocycles. The van der Waals surface area contributed by atoms with Crippen molar-refractivity contribution in [3.63, 3.8) is 0 Å². The van der Waals surface area contributed by atoms with Crippen LogP contribution in [0.5, 0.6) is 0 Å². The summed E-state index contributed by atoms with van der Waals surface area (Å²) in [5, 5.41) is 8.59. The van der Waals surface area contributed by atoms with Crippen LogP contribution in [-0.4, -0.2) is 28.6 Å². The maximum absolute atomic E-state index is 10.5. The van der Waals surface area contributed by atoms with E-state index in [4.69, 9.17) is 5.11 Å². The maximum Gasteiger partial charge on any atom is 0.328 e. The minimum atomic E-state index is -0.940. The number of rotatable bonds is 5. The summed E-state index contributed by atoms with van der Waals surface area (Å²) < 4.78 is 0. The number of aromatic nitrogens is 1. The van der Waals surface area contributed by atoms with Crippen molar-refractivity contribution in [2.45, 2.75) is 32.7 Å². The molecule has 1 heterocycles. The molecule has 0 amide bonds. The van der Waals surface area contributed by atoms with E-state index >= 15 is 0 Å². The van der Waals surface area contributed by atoms with Gasteiger partial charge in [0.2, 0.25) is 0 Å². The minimum absolute atomic E-state index is 0.640. The van der Waals surface area contributed by atoms with E-state index in [1.165, 1.54) is 12.8 Å². The molecule has 4 nitrogen and oxygen atoms in total. The van der Waals surface area contributed by atoms with E-state index < -0.39 is 5.97 Å². The highest BCUT2D eigenvalue weighted by Gasteiger charge is 2.29. The number of carboxylic acid groups (broad SMARTS) is 1. The van der Waals surface area contributed by atoms with Crippen LogP contribution in [-0.2, 0) is 4.79 Å². The van der Waals surface area contributed by atoms with Crippen LogP contribution in [0.2, 0.25) is 0 Å². The van der Waals surface area contributed by atoms with Crippen LogP contribution >= 0.6 is 0 Å². The molecular weight excluding hydrogens is 228 g/mol. The smallest absolute Gasteiger partial charge is 0.328 e. The molecule has 96 valence electrons. The van der Waals surface area contributed by atoms with Crippen molar-refractivity contribution in [2.75, 3.05) is 11.4 Å². The average Bonchev–Trinajstić information content (AvgIpc) is 3.14. The van der Waals surface area contributed by atoms with Gasteiger partial charge in [0.15, 0.2) is 0 Å². The quantitative estimate of drug-likeness (QED) is 0.811. The summed E-state index contributed by atoms with van der Waals surface area (Å²) in [5.74, 6) is 0.0809. The van der Waals surface area contributed by atoms with Crippen LogP contribution in [0.3, 0.4) is 0 Å². The van der Waals surface area contributed by atoms with Crippen molar-refractivity contribution >= 4 is 17.9 Å². The van der Waals surface area contributed by atoms with Gasteiger partial charge in [0.05, 0.1) is 0 Å². The molecule has 1 aliphatic rings. The Morgan fingerprint density at radius 1 is 1.61 bits per heavy atom. The van der Waals surface area contributed by atoms with Gasteiger partial charge in [0.1, 0.15) is 5.82 Å². The summed E-state index contributed by atoms with van der Waals surface area (Å²) in [6.45, 7) is 5.12. The van der Waals surface area contributed by atoms with Gasteiger partial charge in [-0.2, -0.15) is 0 Å². The lowest BCUT2D eigenvalue weighted by Crippen LogP contribution is -2.26. The summed E-state index contributed by atoms with van der Waals surface area (Å²) >= 11 is 0. The second kappa shape index (κ2) is 5.21. The first-order valence-corrected chi connectivity index (χ1v) is 6.26. The van der Waals surface area contributed by atoms with Crippen molar-refractivity contribution in [3.8, 4) is 0 Å². The van der Waals surface area contributed by atoms with E-state index in [1.807, 2.05) is 13.0 Å². The third-order valence-corrected chi connectivity index (χ3v) is 3.09. The molecule has 2 rings (SSSR count). The molecule has 1 aliphatic carbocycles. The van der Waals surface area contributed by atoms with Crippen LogP contribution in [0.4, 0.5) is 5.82 Å². The molecule has 0 bridgehead atoms. The second-order valence-electron chi connectivity index (χ2n) is 4.60. The lowest BCUT2D eigenvalue weighted by Gasteiger charge is -2.23. The topological polar surface area (TPSA) is 53.4 Å². The molecule has 0 radical (unpaired) electrons. The molecule has 1 N–H and O–H groups in total. The molecule has 1 aromatic heterocycles. The van der Waals surface area contributed by atoms with E-state index in [0.717, 1.165) is 29.6 Å². The lowest BCUT2D eigenvalue weighted by atomic mass is 10.2. The Morgan fingerprint density at radius 3 is 2.83 bits per heavy atom. The molecule has 1 aromatic rings. The van der Waals surface area contributed by atoms with Gasteiger partial charge in [-0.15, -0.1) is 0 Å². The Balaban J connectivity index is 2.21. The molecule has 0 unspecified atom stereocenters. The molecular formula is C14H18N2O2. The highest BCUT2D eigenvalue weighted by Crippen LogP contribution is 2.32. The van der Waals surface area contributed by atoms with Crippen LogP contribution < -0.4 is 4.90 Å². The van der Waals surface area contributed by atoms with Crippen LogP contribution in [0.15, 0.2) is 18.3 Å². The lowest BCUT2D eigenvalue weighted by molar-refractivity contribution is -0.131. The Bertz CT molecular complexity index is 479. The zero-order chi connectivity index (χ0) is 13.1. The van der Waals surface area contributed by atoms with Gasteiger partial charge in [-0.3, -0.25) is 0 Å². The summed E-state index contributed by atoms with van der Waals surface area (Å²) in [4.78, 5) is 17.3. The van der Waals surface area contributed by atoms with Gasteiger partial charge >= 0.3 is 5.97 Å². The number of hydrogen-bond acceptors (Lipinski definition) is 3. The zero-order valence-corrected chi connectivity index (χ0v) is 10.8. The fourth-order valence-corrected chi connectivity index (χ4v) is 2.12. The number of anilines is 1. The largest absolute Gasteiger partial charge is 0.478 e. The molecule has 0 aromatic carbocycles. The van der Waals surface area contributed by atoms with Gasteiger partial charge in [-0.1, -0.05) is 0 Å². The van der Waals surface area contributed by atoms with Crippen molar-refractivity contribution < 1.29 is 9.90 Å². The fourth-order valence-electron chi connectivity index (χ4n) is 2.12. The van der Waals surface area contributed by atoms with Gasteiger partial charge in [-0.05, 0) is 50.0 Å². The number of pyridine rings is 1. The summed E-state index contributed by atoms with van der Waals surface area (Å²) in [7, 11) is 0. The highest BCUT2D eigenvalue weighted by molar-refractivity contribution is 5.85. The number of carbonyl (C=O) groups is 1. The Kier molecular flexibility index (Phi) is 3.65. The molecule has 4 heteroatoms. The first-order valence-electron chi connectivity index (χ1n) is 6.26. The summed E-state index contributed by atoms with van der Waals surface area (Å²) in [6.07, 6.45) is 6.92. The number of aliphatic carboxylic acids is 1. The van der Waals surface area contributed by atoms with Crippen LogP contribution in [0.25, 0.3) is 6.08 Å². The number of hydrogen-bond donors (Lipinski definition) is 1. The van der Waals surface area contributed by atoms with Gasteiger partial charge < -0.3 is 10.0 Å². The van der Waals surface area contributed by atoms with Crippen LogP contribution in [0, 0.1) is 6.92 Å². The van der Waals surface area contributed by atoms with Crippen molar-refractivity contribution in [3.05, 3.63) is 29.5 Å². The molecule has 1 fully saturated rings. The van der Waals surface area contributed by atoms with Gasteiger partial charge in [0, 0.05) is 24.9 Å². The molecule has 1 saturated carbocycles. The van der Waals surface area contributed by atoms with Gasteiger partial charge in [0.25, 0.3) is 0 Å². The van der Waals surface area contributed by atoms with Crippen molar-refractivity contribution in [1.82, 2.24) is 4.98 Å². The van der Waals surface area contributed by atoms with E-state index in [1.54, 1.807) is 12.3 Å². The van der Waals surface area contributed by atoms with E-state index in [2.05, 4.69) is 16.8 Å². The Morgan fingerprint density at radius 2 is 2.33 bits per heavy atom. The highest BCUT2D eigenvalue weighted by atomic mass is 16.4. The monoisotopic (exact) mass is 246 g/mol. The normalized spacial score (nSPS) is 15.0.